The number of fused-ring (bicyclic) bond motifs is 17. The highest BCUT2D eigenvalue weighted by Crippen LogP contribution is 2.58. The van der Waals surface area contributed by atoms with Crippen molar-refractivity contribution < 1.29 is 0 Å². The maximum Gasteiger partial charge on any atom is 0.241 e. The molecule has 2 aliphatic rings. The van der Waals surface area contributed by atoms with Crippen molar-refractivity contribution in [1.29, 1.82) is 0 Å². The van der Waals surface area contributed by atoms with Crippen molar-refractivity contribution in [2.75, 3.05) is 4.90 Å². The molecule has 338 valence electrons. The first-order chi connectivity index (χ1) is 34.6. The Kier molecular flexibility index (Phi) is 8.24. The van der Waals surface area contributed by atoms with Gasteiger partial charge in [-0.3, -0.25) is 14.0 Å². The maximum atomic E-state index is 5.65. The van der Waals surface area contributed by atoms with E-state index in [0.717, 1.165) is 43.2 Å². The average molecular weight is 931 g/mol. The predicted molar refractivity (Wildman–Crippen MR) is 296 cm³/mol. The number of benzene rings is 10. The van der Waals surface area contributed by atoms with Gasteiger partial charge in [0.25, 0.3) is 0 Å². The highest BCUT2D eigenvalue weighted by molar-refractivity contribution is 7.99. The molecule has 0 saturated heterocycles. The van der Waals surface area contributed by atoms with Crippen molar-refractivity contribution in [2.45, 2.75) is 56.7 Å². The monoisotopic (exact) mass is 930 g/mol. The van der Waals surface area contributed by atoms with E-state index in [1.165, 1.54) is 98.4 Å². The van der Waals surface area contributed by atoms with E-state index in [2.05, 4.69) is 225 Å². The van der Waals surface area contributed by atoms with Crippen molar-refractivity contribution in [3.05, 3.63) is 203 Å². The Morgan fingerprint density at radius 1 is 0.352 bits per heavy atom. The van der Waals surface area contributed by atoms with E-state index in [-0.39, 0.29) is 5.41 Å². The zero-order chi connectivity index (χ0) is 47.6. The van der Waals surface area contributed by atoms with Crippen molar-refractivity contribution in [1.82, 2.24) is 24.1 Å². The van der Waals surface area contributed by atoms with Crippen LogP contribution < -0.4 is 4.90 Å². The number of aryl methyl sites for hydroxylation is 4. The summed E-state index contributed by atoms with van der Waals surface area (Å²) in [6.45, 7) is 13.4. The first-order valence-electron chi connectivity index (χ1n) is 24.5. The summed E-state index contributed by atoms with van der Waals surface area (Å²) in [5.41, 5.74) is 16.0. The lowest BCUT2D eigenvalue weighted by atomic mass is 9.81. The lowest BCUT2D eigenvalue weighted by Gasteiger charge is -2.33. The summed E-state index contributed by atoms with van der Waals surface area (Å²) < 4.78 is 4.48. The smallest absolute Gasteiger partial charge is 0.241 e. The first kappa shape index (κ1) is 40.6. The van der Waals surface area contributed by atoms with Gasteiger partial charge in [-0.05, 0) is 167 Å². The van der Waals surface area contributed by atoms with Gasteiger partial charge in [-0.25, -0.2) is 0 Å². The predicted octanol–water partition coefficient (Wildman–Crippen LogP) is 17.0. The Morgan fingerprint density at radius 2 is 0.761 bits per heavy atom. The second-order valence-electron chi connectivity index (χ2n) is 20.4. The molecule has 4 heterocycles. The number of rotatable bonds is 3. The molecular weight excluding hydrogens is 885 g/mol. The molecule has 71 heavy (non-hydrogen) atoms. The largest absolute Gasteiger partial charge is 0.278 e. The Balaban J connectivity index is 1.02. The van der Waals surface area contributed by atoms with E-state index < -0.39 is 0 Å². The lowest BCUT2D eigenvalue weighted by Crippen LogP contribution is -2.22. The Hall–Kier alpha value is -8.26. The van der Waals surface area contributed by atoms with E-state index in [4.69, 9.17) is 15.0 Å². The van der Waals surface area contributed by atoms with E-state index in [1.807, 2.05) is 11.8 Å². The van der Waals surface area contributed by atoms with E-state index >= 15 is 0 Å². The summed E-state index contributed by atoms with van der Waals surface area (Å²) in [6.07, 6.45) is 0. The second-order valence-corrected chi connectivity index (χ2v) is 21.5. The van der Waals surface area contributed by atoms with Gasteiger partial charge < -0.3 is 0 Å². The summed E-state index contributed by atoms with van der Waals surface area (Å²) in [6, 6.07) is 63.1. The molecule has 0 amide bonds. The van der Waals surface area contributed by atoms with Crippen LogP contribution in [0.4, 0.5) is 17.3 Å². The first-order valence-corrected chi connectivity index (χ1v) is 25.3. The lowest BCUT2D eigenvalue weighted by molar-refractivity contribution is 0.660. The van der Waals surface area contributed by atoms with Gasteiger partial charge in [0.05, 0.1) is 33.4 Å². The van der Waals surface area contributed by atoms with Crippen LogP contribution in [0.2, 0.25) is 0 Å². The van der Waals surface area contributed by atoms with E-state index in [9.17, 15) is 0 Å². The molecule has 7 heteroatoms. The van der Waals surface area contributed by atoms with Crippen LogP contribution in [-0.2, 0) is 5.41 Å². The molecular formula is C64H46N6S. The fourth-order valence-electron chi connectivity index (χ4n) is 12.2. The van der Waals surface area contributed by atoms with Gasteiger partial charge in [-0.1, -0.05) is 133 Å². The Morgan fingerprint density at radius 3 is 1.27 bits per heavy atom. The molecule has 0 N–H and O–H groups in total. The minimum atomic E-state index is -0.304. The second kappa shape index (κ2) is 14.4. The fourth-order valence-corrected chi connectivity index (χ4v) is 13.2. The summed E-state index contributed by atoms with van der Waals surface area (Å²) >= 11 is 1.82. The van der Waals surface area contributed by atoms with Gasteiger partial charge in [-0.2, -0.15) is 15.0 Å². The fraction of sp³-hybridized carbons (Fsp3) is 0.109. The molecule has 6 nitrogen and oxygen atoms in total. The van der Waals surface area contributed by atoms with Gasteiger partial charge in [0, 0.05) is 36.8 Å². The highest BCUT2D eigenvalue weighted by Gasteiger charge is 2.39. The Bertz CT molecular complexity index is 4270. The number of aromatic nitrogens is 5. The molecule has 0 unspecified atom stereocenters. The van der Waals surface area contributed by atoms with Crippen LogP contribution in [0.3, 0.4) is 0 Å². The van der Waals surface area contributed by atoms with Crippen LogP contribution in [0, 0.1) is 27.7 Å². The zero-order valence-electron chi connectivity index (χ0n) is 40.3. The summed E-state index contributed by atoms with van der Waals surface area (Å²) in [5, 5.41) is 12.4. The average Bonchev–Trinajstić information content (AvgIpc) is 3.95. The SMILES string of the molecule is Cc1ccc2c(c1)c1cc(C)ccc1n2-c1nc(N2c3ccccc3Sc3cc4c(cc32)C(C)(C)c2cc3c5ccccc5c5ccccc5c3cc2-4)nc(-n2c3ccc(C)cc3c3cc(C)ccc32)n1. The molecule has 10 aromatic carbocycles. The summed E-state index contributed by atoms with van der Waals surface area (Å²) in [5.74, 6) is 1.67. The van der Waals surface area contributed by atoms with Crippen LogP contribution in [0.15, 0.2) is 180 Å². The van der Waals surface area contributed by atoms with Gasteiger partial charge in [-0.15, -0.1) is 0 Å². The summed E-state index contributed by atoms with van der Waals surface area (Å²) in [4.78, 5) is 21.5. The summed E-state index contributed by atoms with van der Waals surface area (Å²) in [7, 11) is 0. The third-order valence-electron chi connectivity index (χ3n) is 15.5. The molecule has 0 atom stereocenters. The molecule has 0 radical (unpaired) electrons. The Labute approximate surface area is 414 Å². The number of hydrogen-bond donors (Lipinski definition) is 0. The molecule has 13 aromatic rings. The minimum Gasteiger partial charge on any atom is -0.278 e. The number of nitrogens with zero attached hydrogens (tertiary/aromatic N) is 6. The molecule has 1 aliphatic heterocycles. The molecule has 0 saturated carbocycles. The zero-order valence-corrected chi connectivity index (χ0v) is 41.1. The number of hydrogen-bond acceptors (Lipinski definition) is 5. The molecule has 1 aliphatic carbocycles. The van der Waals surface area contributed by atoms with Gasteiger partial charge in [0.1, 0.15) is 0 Å². The van der Waals surface area contributed by atoms with Crippen LogP contribution in [0.5, 0.6) is 0 Å². The molecule has 0 fully saturated rings. The van der Waals surface area contributed by atoms with Gasteiger partial charge in [0.15, 0.2) is 0 Å². The third kappa shape index (κ3) is 5.69. The number of anilines is 3. The van der Waals surface area contributed by atoms with Crippen molar-refractivity contribution in [3.8, 4) is 23.0 Å². The van der Waals surface area contributed by atoms with E-state index in [1.54, 1.807) is 0 Å². The molecule has 0 spiro atoms. The number of para-hydroxylation sites is 1. The van der Waals surface area contributed by atoms with Gasteiger partial charge in [0.2, 0.25) is 17.8 Å². The standard InChI is InChI=1S/C64H46N6S/c1-35-19-23-53-47(27-35)48-28-36(2)20-24-54(48)68(53)61-65-62(69-55-25-21-37(3)29-49(55)50-30-38(4)22-26-56(50)69)67-63(66-61)70-57-17-11-12-18-59(57)71-60-33-46-45-31-43-41-15-9-7-13-39(41)40-14-8-10-16-42(40)44(43)32-51(45)64(5,6)52(46)34-58(60)70/h7-34H,1-6H3. The minimum absolute atomic E-state index is 0.304. The normalized spacial score (nSPS) is 13.8. The van der Waals surface area contributed by atoms with Crippen molar-refractivity contribution in [3.63, 3.8) is 0 Å². The topological polar surface area (TPSA) is 51.8 Å². The van der Waals surface area contributed by atoms with Crippen molar-refractivity contribution in [2.24, 2.45) is 0 Å². The molecule has 3 aromatic heterocycles. The molecule has 15 rings (SSSR count). The van der Waals surface area contributed by atoms with Crippen LogP contribution in [-0.4, -0.2) is 24.1 Å². The maximum absolute atomic E-state index is 5.65. The molecule has 0 bridgehead atoms. The van der Waals surface area contributed by atoms with Crippen LogP contribution >= 0.6 is 11.8 Å². The van der Waals surface area contributed by atoms with Gasteiger partial charge >= 0.3 is 0 Å². The third-order valence-corrected chi connectivity index (χ3v) is 16.6. The van der Waals surface area contributed by atoms with Crippen LogP contribution in [0.1, 0.15) is 47.2 Å². The van der Waals surface area contributed by atoms with E-state index in [0.29, 0.717) is 17.8 Å². The highest BCUT2D eigenvalue weighted by atomic mass is 32.2. The quantitative estimate of drug-likeness (QED) is 0.165. The van der Waals surface area contributed by atoms with Crippen LogP contribution in [0.25, 0.3) is 99.0 Å². The van der Waals surface area contributed by atoms with Crippen molar-refractivity contribution >= 4 is 105 Å².